The van der Waals surface area contributed by atoms with Crippen molar-refractivity contribution in [2.24, 2.45) is 11.8 Å². The van der Waals surface area contributed by atoms with Gasteiger partial charge in [0.25, 0.3) is 0 Å². The summed E-state index contributed by atoms with van der Waals surface area (Å²) in [6.07, 6.45) is -2.83. The fourth-order valence-corrected chi connectivity index (χ4v) is 5.67. The van der Waals surface area contributed by atoms with E-state index in [1.807, 2.05) is 0 Å². The molecule has 0 aliphatic carbocycles. The molecular formula is C22H20N2O6. The molecule has 6 atom stereocenters. The minimum absolute atomic E-state index is 0.0771. The highest BCUT2D eigenvalue weighted by Crippen LogP contribution is 2.62. The summed E-state index contributed by atoms with van der Waals surface area (Å²) in [5.74, 6) is -3.04. The maximum absolute atomic E-state index is 13.6. The van der Waals surface area contributed by atoms with Crippen LogP contribution in [0.2, 0.25) is 0 Å². The molecule has 2 aromatic rings. The third kappa shape index (κ3) is 2.03. The lowest BCUT2D eigenvalue weighted by molar-refractivity contribution is -0.137. The van der Waals surface area contributed by atoms with Gasteiger partial charge in [0.15, 0.2) is 5.69 Å². The molecule has 2 unspecified atom stereocenters. The van der Waals surface area contributed by atoms with Crippen molar-refractivity contribution in [3.63, 3.8) is 0 Å². The molecule has 3 fully saturated rings. The van der Waals surface area contributed by atoms with Crippen LogP contribution in [0.1, 0.15) is 13.3 Å². The van der Waals surface area contributed by atoms with E-state index >= 15 is 0 Å². The van der Waals surface area contributed by atoms with E-state index in [0.29, 0.717) is 22.1 Å². The van der Waals surface area contributed by atoms with Gasteiger partial charge in [0, 0.05) is 13.0 Å². The van der Waals surface area contributed by atoms with Crippen LogP contribution in [-0.4, -0.2) is 57.2 Å². The first-order chi connectivity index (χ1) is 14.3. The zero-order chi connectivity index (χ0) is 21.4. The molecule has 0 saturated carbocycles. The topological polar surface area (TPSA) is 112 Å². The van der Waals surface area contributed by atoms with Gasteiger partial charge in [-0.1, -0.05) is 30.3 Å². The predicted molar refractivity (Wildman–Crippen MR) is 106 cm³/mol. The van der Waals surface area contributed by atoms with Gasteiger partial charge in [-0.2, -0.15) is 0 Å². The molecular weight excluding hydrogens is 388 g/mol. The van der Waals surface area contributed by atoms with Gasteiger partial charge in [0.1, 0.15) is 23.4 Å². The number of anilines is 1. The summed E-state index contributed by atoms with van der Waals surface area (Å²) in [6, 6.07) is 10.2. The van der Waals surface area contributed by atoms with Crippen molar-refractivity contribution < 1.29 is 29.6 Å². The summed E-state index contributed by atoms with van der Waals surface area (Å²) in [7, 11) is 0. The minimum atomic E-state index is -1.53. The van der Waals surface area contributed by atoms with E-state index in [-0.39, 0.29) is 13.0 Å². The van der Waals surface area contributed by atoms with Crippen molar-refractivity contribution in [3.8, 4) is 0 Å². The molecule has 0 radical (unpaired) electrons. The SMILES string of the molecule is [C-]#[N+]c1ccc(N2C(=O)[C@@H]3[C@H](C2=O)C2(C)OC3(CCO)[C@@H](O)[C@H]2O)c2ccccc12. The van der Waals surface area contributed by atoms with Gasteiger partial charge < -0.3 is 20.1 Å². The standard InChI is InChI=1S/C22H20N2O6/c1-21-15-16(22(30-21,9-10-25)18(27)17(21)26)20(29)24(19(15)28)14-8-7-13(23-2)11-5-3-4-6-12(11)14/h3-8,15-18,25-27H,9-10H2,1H3/t15-,16+,17-,18+,21?,22?/m1/s1. The van der Waals surface area contributed by atoms with Crippen molar-refractivity contribution in [3.05, 3.63) is 47.8 Å². The molecule has 3 heterocycles. The molecule has 2 amide bonds. The van der Waals surface area contributed by atoms with Crippen LogP contribution in [0.4, 0.5) is 11.4 Å². The first-order valence-electron chi connectivity index (χ1n) is 9.76. The number of aliphatic hydroxyl groups is 3. The molecule has 8 heteroatoms. The number of ether oxygens (including phenoxy) is 1. The summed E-state index contributed by atoms with van der Waals surface area (Å²) >= 11 is 0. The summed E-state index contributed by atoms with van der Waals surface area (Å²) in [6.45, 7) is 8.53. The lowest BCUT2D eigenvalue weighted by Crippen LogP contribution is -2.58. The highest BCUT2D eigenvalue weighted by atomic mass is 16.6. The van der Waals surface area contributed by atoms with Crippen LogP contribution in [0.15, 0.2) is 36.4 Å². The van der Waals surface area contributed by atoms with Gasteiger partial charge in [0.2, 0.25) is 11.8 Å². The maximum atomic E-state index is 13.6. The predicted octanol–water partition coefficient (Wildman–Crippen LogP) is 1.14. The highest BCUT2D eigenvalue weighted by Gasteiger charge is 2.80. The number of aliphatic hydroxyl groups excluding tert-OH is 3. The van der Waals surface area contributed by atoms with Crippen LogP contribution in [0, 0.1) is 18.4 Å². The molecule has 30 heavy (non-hydrogen) atoms. The Morgan fingerprint density at radius 1 is 1.07 bits per heavy atom. The summed E-state index contributed by atoms with van der Waals surface area (Å²) in [5, 5.41) is 32.1. The molecule has 3 saturated heterocycles. The van der Waals surface area contributed by atoms with Crippen molar-refractivity contribution in [2.45, 2.75) is 36.8 Å². The van der Waals surface area contributed by atoms with Gasteiger partial charge in [-0.3, -0.25) is 9.59 Å². The molecule has 2 bridgehead atoms. The average molecular weight is 408 g/mol. The Balaban J connectivity index is 1.69. The molecule has 3 aliphatic heterocycles. The molecule has 5 rings (SSSR count). The third-order valence-electron chi connectivity index (χ3n) is 6.99. The number of carbonyl (C=O) groups is 2. The Bertz CT molecular complexity index is 1140. The number of hydrogen-bond acceptors (Lipinski definition) is 6. The number of carbonyl (C=O) groups excluding carboxylic acids is 2. The van der Waals surface area contributed by atoms with Crippen molar-refractivity contribution in [2.75, 3.05) is 11.5 Å². The van der Waals surface area contributed by atoms with Crippen LogP contribution in [0.25, 0.3) is 15.6 Å². The van der Waals surface area contributed by atoms with E-state index < -0.39 is 47.1 Å². The Labute approximate surface area is 172 Å². The Morgan fingerprint density at radius 3 is 2.40 bits per heavy atom. The van der Waals surface area contributed by atoms with Gasteiger partial charge >= 0.3 is 0 Å². The summed E-state index contributed by atoms with van der Waals surface area (Å²) in [5.41, 5.74) is -2.20. The smallest absolute Gasteiger partial charge is 0.240 e. The number of nitrogens with zero attached hydrogens (tertiary/aromatic N) is 2. The van der Waals surface area contributed by atoms with Gasteiger partial charge in [-0.25, -0.2) is 9.74 Å². The van der Waals surface area contributed by atoms with E-state index in [2.05, 4.69) is 4.85 Å². The normalized spacial score (nSPS) is 37.1. The molecule has 154 valence electrons. The van der Waals surface area contributed by atoms with E-state index in [0.717, 1.165) is 4.90 Å². The molecule has 2 aromatic carbocycles. The Kier molecular flexibility index (Phi) is 3.89. The van der Waals surface area contributed by atoms with Crippen molar-refractivity contribution in [1.82, 2.24) is 0 Å². The number of imide groups is 1. The Hall–Kier alpha value is -2.83. The zero-order valence-corrected chi connectivity index (χ0v) is 16.1. The van der Waals surface area contributed by atoms with Crippen LogP contribution in [-0.2, 0) is 14.3 Å². The van der Waals surface area contributed by atoms with Crippen LogP contribution >= 0.6 is 0 Å². The van der Waals surface area contributed by atoms with E-state index in [1.54, 1.807) is 36.4 Å². The van der Waals surface area contributed by atoms with Gasteiger partial charge in [-0.15, -0.1) is 0 Å². The molecule has 8 nitrogen and oxygen atoms in total. The average Bonchev–Trinajstić information content (AvgIpc) is 3.25. The minimum Gasteiger partial charge on any atom is -0.396 e. The fraction of sp³-hybridized carbons (Fsp3) is 0.409. The highest BCUT2D eigenvalue weighted by molar-refractivity contribution is 6.26. The number of rotatable bonds is 3. The second-order valence-electron chi connectivity index (χ2n) is 8.33. The van der Waals surface area contributed by atoms with Crippen molar-refractivity contribution >= 4 is 34.0 Å². The second kappa shape index (κ2) is 6.09. The van der Waals surface area contributed by atoms with Crippen molar-refractivity contribution in [1.29, 1.82) is 0 Å². The number of amides is 2. The summed E-state index contributed by atoms with van der Waals surface area (Å²) < 4.78 is 5.96. The lowest BCUT2D eigenvalue weighted by atomic mass is 9.64. The van der Waals surface area contributed by atoms with Crippen LogP contribution in [0.5, 0.6) is 0 Å². The maximum Gasteiger partial charge on any atom is 0.240 e. The first-order valence-corrected chi connectivity index (χ1v) is 9.76. The monoisotopic (exact) mass is 408 g/mol. The molecule has 0 spiro atoms. The zero-order valence-electron chi connectivity index (χ0n) is 16.1. The second-order valence-corrected chi connectivity index (χ2v) is 8.33. The lowest BCUT2D eigenvalue weighted by Gasteiger charge is -2.37. The molecule has 3 aliphatic rings. The Morgan fingerprint density at radius 2 is 1.73 bits per heavy atom. The largest absolute Gasteiger partial charge is 0.396 e. The summed E-state index contributed by atoms with van der Waals surface area (Å²) in [4.78, 5) is 31.6. The fourth-order valence-electron chi connectivity index (χ4n) is 5.67. The van der Waals surface area contributed by atoms with Gasteiger partial charge in [-0.05, 0) is 23.8 Å². The third-order valence-corrected chi connectivity index (χ3v) is 6.99. The van der Waals surface area contributed by atoms with Crippen LogP contribution in [0.3, 0.4) is 0 Å². The first kappa shape index (κ1) is 19.2. The van der Waals surface area contributed by atoms with Crippen LogP contribution < -0.4 is 4.90 Å². The molecule has 0 aromatic heterocycles. The number of benzene rings is 2. The number of hydrogen-bond donors (Lipinski definition) is 3. The van der Waals surface area contributed by atoms with E-state index in [9.17, 15) is 24.9 Å². The number of fused-ring (bicyclic) bond motifs is 6. The quantitative estimate of drug-likeness (QED) is 0.519. The van der Waals surface area contributed by atoms with Gasteiger partial charge in [0.05, 0.1) is 24.1 Å². The van der Waals surface area contributed by atoms with E-state index in [4.69, 9.17) is 11.3 Å². The van der Waals surface area contributed by atoms with E-state index in [1.165, 1.54) is 6.92 Å². The molecule has 3 N–H and O–H groups in total.